The Bertz CT molecular complexity index is 981. The predicted octanol–water partition coefficient (Wildman–Crippen LogP) is 3.68. The zero-order chi connectivity index (χ0) is 20.9. The van der Waals surface area contributed by atoms with Gasteiger partial charge in [-0.1, -0.05) is 6.07 Å². The van der Waals surface area contributed by atoms with Gasteiger partial charge in [0.25, 0.3) is 0 Å². The molecule has 2 fully saturated rings. The van der Waals surface area contributed by atoms with Crippen LogP contribution in [-0.4, -0.2) is 57.9 Å². The number of piperazine rings is 1. The van der Waals surface area contributed by atoms with E-state index in [4.69, 9.17) is 9.73 Å². The lowest BCUT2D eigenvalue weighted by Crippen LogP contribution is -2.54. The van der Waals surface area contributed by atoms with Crippen molar-refractivity contribution in [3.8, 4) is 5.75 Å². The van der Waals surface area contributed by atoms with Crippen molar-refractivity contribution in [3.05, 3.63) is 47.4 Å². The average Bonchev–Trinajstić information content (AvgIpc) is 3.30. The van der Waals surface area contributed by atoms with E-state index in [-0.39, 0.29) is 5.60 Å². The van der Waals surface area contributed by atoms with Gasteiger partial charge in [0.1, 0.15) is 23.5 Å². The van der Waals surface area contributed by atoms with E-state index in [2.05, 4.69) is 71.7 Å². The number of fused-ring (bicyclic) bond motifs is 1. The maximum Gasteiger partial charge on any atom is 0.132 e. The van der Waals surface area contributed by atoms with Gasteiger partial charge >= 0.3 is 0 Å². The molecule has 0 spiro atoms. The van der Waals surface area contributed by atoms with Crippen molar-refractivity contribution in [2.45, 2.75) is 64.8 Å². The Balaban J connectivity index is 1.38. The summed E-state index contributed by atoms with van der Waals surface area (Å²) in [4.78, 5) is 18.9. The Kier molecular flexibility index (Phi) is 4.77. The van der Waals surface area contributed by atoms with E-state index in [1.165, 1.54) is 5.56 Å². The number of hydrogen-bond donors (Lipinski definition) is 0. The Morgan fingerprint density at radius 3 is 2.70 bits per heavy atom. The van der Waals surface area contributed by atoms with E-state index in [0.717, 1.165) is 61.0 Å². The van der Waals surface area contributed by atoms with Crippen LogP contribution in [0.25, 0.3) is 0 Å². The van der Waals surface area contributed by atoms with Crippen LogP contribution in [0.4, 0.5) is 5.82 Å². The Hall–Kier alpha value is -2.47. The van der Waals surface area contributed by atoms with Gasteiger partial charge in [-0.05, 0) is 58.2 Å². The van der Waals surface area contributed by atoms with E-state index in [9.17, 15) is 0 Å². The molecule has 6 heteroatoms. The van der Waals surface area contributed by atoms with Crippen LogP contribution in [0.3, 0.4) is 0 Å². The first-order chi connectivity index (χ1) is 14.4. The summed E-state index contributed by atoms with van der Waals surface area (Å²) in [5.74, 6) is 1.92. The number of hydrogen-bond acceptors (Lipinski definition) is 6. The predicted molar refractivity (Wildman–Crippen MR) is 120 cm³/mol. The van der Waals surface area contributed by atoms with Gasteiger partial charge in [-0.2, -0.15) is 0 Å². The second-order valence-electron chi connectivity index (χ2n) is 9.42. The summed E-state index contributed by atoms with van der Waals surface area (Å²) >= 11 is 0. The third-order valence-corrected chi connectivity index (χ3v) is 6.62. The molecule has 3 heterocycles. The smallest absolute Gasteiger partial charge is 0.132 e. The van der Waals surface area contributed by atoms with Gasteiger partial charge in [0.05, 0.1) is 18.0 Å². The number of nitrogens with zero attached hydrogens (tertiary/aromatic N) is 5. The van der Waals surface area contributed by atoms with Gasteiger partial charge in [-0.3, -0.25) is 9.89 Å². The fourth-order valence-electron chi connectivity index (χ4n) is 4.60. The topological polar surface area (TPSA) is 53.9 Å². The van der Waals surface area contributed by atoms with Crippen LogP contribution < -0.4 is 9.64 Å². The van der Waals surface area contributed by atoms with E-state index < -0.39 is 0 Å². The molecular weight excluding hydrogens is 374 g/mol. The van der Waals surface area contributed by atoms with Crippen LogP contribution in [0.2, 0.25) is 0 Å². The molecule has 5 rings (SSSR count). The molecule has 3 aliphatic rings. The summed E-state index contributed by atoms with van der Waals surface area (Å²) in [6, 6.07) is 9.52. The molecule has 0 bridgehead atoms. The molecule has 30 heavy (non-hydrogen) atoms. The molecule has 1 atom stereocenters. The summed E-state index contributed by atoms with van der Waals surface area (Å²) in [6.07, 6.45) is 3.93. The SMILES string of the molecule is CC(C)N1CCN(c2cc(C3=NCc4ccc(OC5(C)CC5)cc43)ncn2)C[C@@H]1C. The van der Waals surface area contributed by atoms with Crippen LogP contribution in [0, 0.1) is 0 Å². The molecule has 1 aliphatic carbocycles. The minimum Gasteiger partial charge on any atom is -0.488 e. The lowest BCUT2D eigenvalue weighted by molar-refractivity contribution is 0.148. The highest BCUT2D eigenvalue weighted by Gasteiger charge is 2.40. The highest BCUT2D eigenvalue weighted by molar-refractivity contribution is 6.14. The Morgan fingerprint density at radius 2 is 1.97 bits per heavy atom. The van der Waals surface area contributed by atoms with Crippen molar-refractivity contribution in [2.75, 3.05) is 24.5 Å². The number of aromatic nitrogens is 2. The lowest BCUT2D eigenvalue weighted by atomic mass is 10.0. The number of aliphatic imine (C=N–C) groups is 1. The van der Waals surface area contributed by atoms with Crippen molar-refractivity contribution in [1.29, 1.82) is 0 Å². The summed E-state index contributed by atoms with van der Waals surface area (Å²) < 4.78 is 6.18. The van der Waals surface area contributed by atoms with E-state index in [1.807, 2.05) is 0 Å². The minimum atomic E-state index is 0.0149. The summed E-state index contributed by atoms with van der Waals surface area (Å²) in [5, 5.41) is 0. The van der Waals surface area contributed by atoms with E-state index in [1.54, 1.807) is 6.33 Å². The van der Waals surface area contributed by atoms with Crippen LogP contribution in [0.1, 0.15) is 57.4 Å². The highest BCUT2D eigenvalue weighted by atomic mass is 16.5. The van der Waals surface area contributed by atoms with Gasteiger partial charge in [0, 0.05) is 43.3 Å². The third kappa shape index (κ3) is 3.69. The van der Waals surface area contributed by atoms with Crippen LogP contribution in [-0.2, 0) is 6.54 Å². The first-order valence-corrected chi connectivity index (χ1v) is 11.1. The van der Waals surface area contributed by atoms with Gasteiger partial charge < -0.3 is 9.64 Å². The number of anilines is 1. The first-order valence-electron chi connectivity index (χ1n) is 11.1. The van der Waals surface area contributed by atoms with Gasteiger partial charge in [0.15, 0.2) is 0 Å². The molecule has 1 saturated heterocycles. The lowest BCUT2D eigenvalue weighted by Gasteiger charge is -2.42. The fraction of sp³-hybridized carbons (Fsp3) is 0.542. The maximum atomic E-state index is 6.18. The molecule has 0 unspecified atom stereocenters. The molecule has 0 N–H and O–H groups in total. The van der Waals surface area contributed by atoms with E-state index in [0.29, 0.717) is 18.6 Å². The van der Waals surface area contributed by atoms with Gasteiger partial charge in [0.2, 0.25) is 0 Å². The number of rotatable bonds is 5. The van der Waals surface area contributed by atoms with Crippen molar-refractivity contribution in [1.82, 2.24) is 14.9 Å². The maximum absolute atomic E-state index is 6.18. The summed E-state index contributed by atoms with van der Waals surface area (Å²) in [5.41, 5.74) is 4.24. The average molecular weight is 406 g/mol. The van der Waals surface area contributed by atoms with Crippen LogP contribution >= 0.6 is 0 Å². The molecule has 0 amide bonds. The zero-order valence-electron chi connectivity index (χ0n) is 18.4. The molecule has 0 radical (unpaired) electrons. The zero-order valence-corrected chi connectivity index (χ0v) is 18.4. The van der Waals surface area contributed by atoms with E-state index >= 15 is 0 Å². The first kappa shape index (κ1) is 19.5. The Labute approximate surface area is 179 Å². The van der Waals surface area contributed by atoms with Crippen molar-refractivity contribution in [3.63, 3.8) is 0 Å². The molecule has 2 aromatic rings. The number of benzene rings is 1. The van der Waals surface area contributed by atoms with Crippen LogP contribution in [0.15, 0.2) is 35.6 Å². The standard InChI is InChI=1S/C24H31N5O/c1-16(2)29-10-9-28(14-17(29)3)22-12-21(26-15-27-22)23-20-11-19(30-24(4)7-8-24)6-5-18(20)13-25-23/h5-6,11-12,15-17H,7-10,13-14H2,1-4H3/t17-/m0/s1. The minimum absolute atomic E-state index is 0.0149. The van der Waals surface area contributed by atoms with Gasteiger partial charge in [-0.25, -0.2) is 9.97 Å². The quantitative estimate of drug-likeness (QED) is 0.760. The Morgan fingerprint density at radius 1 is 1.13 bits per heavy atom. The van der Waals surface area contributed by atoms with Crippen molar-refractivity contribution in [2.24, 2.45) is 4.99 Å². The number of ether oxygens (including phenoxy) is 1. The van der Waals surface area contributed by atoms with Crippen molar-refractivity contribution < 1.29 is 4.74 Å². The molecule has 1 aromatic heterocycles. The van der Waals surface area contributed by atoms with Gasteiger partial charge in [-0.15, -0.1) is 0 Å². The fourth-order valence-corrected chi connectivity index (χ4v) is 4.60. The largest absolute Gasteiger partial charge is 0.488 e. The third-order valence-electron chi connectivity index (χ3n) is 6.62. The van der Waals surface area contributed by atoms with Crippen molar-refractivity contribution >= 4 is 11.5 Å². The molecule has 158 valence electrons. The molecular formula is C24H31N5O. The normalized spacial score (nSPS) is 22.8. The second kappa shape index (κ2) is 7.34. The monoisotopic (exact) mass is 405 g/mol. The summed E-state index contributed by atoms with van der Waals surface area (Å²) in [7, 11) is 0. The summed E-state index contributed by atoms with van der Waals surface area (Å²) in [6.45, 7) is 12.7. The second-order valence-corrected chi connectivity index (χ2v) is 9.42. The molecule has 1 saturated carbocycles. The van der Waals surface area contributed by atoms with Crippen LogP contribution in [0.5, 0.6) is 5.75 Å². The molecule has 1 aromatic carbocycles. The highest BCUT2D eigenvalue weighted by Crippen LogP contribution is 2.40. The molecule has 6 nitrogen and oxygen atoms in total. The molecule has 2 aliphatic heterocycles.